The van der Waals surface area contributed by atoms with E-state index in [0.717, 1.165) is 24.3 Å². The Bertz CT molecular complexity index is 660. The molecule has 1 amide bonds. The molecular weight excluding hydrogens is 292 g/mol. The highest BCUT2D eigenvalue weighted by atomic mass is 16.5. The van der Waals surface area contributed by atoms with Crippen molar-refractivity contribution in [3.63, 3.8) is 0 Å². The third kappa shape index (κ3) is 4.31. The Morgan fingerprint density at radius 3 is 2.70 bits per heavy atom. The molecule has 0 saturated heterocycles. The molecule has 0 bridgehead atoms. The van der Waals surface area contributed by atoms with Crippen molar-refractivity contribution < 1.29 is 9.32 Å². The van der Waals surface area contributed by atoms with Crippen LogP contribution in [0.25, 0.3) is 0 Å². The van der Waals surface area contributed by atoms with Crippen LogP contribution in [0.5, 0.6) is 0 Å². The van der Waals surface area contributed by atoms with Crippen molar-refractivity contribution >= 4 is 17.4 Å². The Balaban J connectivity index is 1.65. The van der Waals surface area contributed by atoms with Gasteiger partial charge in [-0.05, 0) is 31.9 Å². The van der Waals surface area contributed by atoms with Gasteiger partial charge in [0, 0.05) is 24.0 Å². The molecule has 6 nitrogen and oxygen atoms in total. The van der Waals surface area contributed by atoms with Gasteiger partial charge in [-0.15, -0.1) is 0 Å². The molecule has 0 radical (unpaired) electrons. The minimum Gasteiger partial charge on any atom is -0.360 e. The van der Waals surface area contributed by atoms with Crippen LogP contribution in [0.4, 0.5) is 11.5 Å². The number of nitrogens with zero attached hydrogens (tertiary/aromatic N) is 2. The summed E-state index contributed by atoms with van der Waals surface area (Å²) in [4.78, 5) is 16.6. The molecule has 0 unspecified atom stereocenters. The molecule has 0 aromatic carbocycles. The molecule has 1 aliphatic carbocycles. The maximum absolute atomic E-state index is 12.4. The first-order valence-corrected chi connectivity index (χ1v) is 8.18. The smallest absolute Gasteiger partial charge is 0.270 e. The van der Waals surface area contributed by atoms with E-state index >= 15 is 0 Å². The van der Waals surface area contributed by atoms with Crippen molar-refractivity contribution in [2.24, 2.45) is 0 Å². The summed E-state index contributed by atoms with van der Waals surface area (Å²) in [5.74, 6) is 1.23. The summed E-state index contributed by atoms with van der Waals surface area (Å²) < 4.78 is 5.02. The Labute approximate surface area is 135 Å². The zero-order valence-corrected chi connectivity index (χ0v) is 13.3. The van der Waals surface area contributed by atoms with E-state index in [2.05, 4.69) is 20.8 Å². The zero-order valence-electron chi connectivity index (χ0n) is 13.3. The summed E-state index contributed by atoms with van der Waals surface area (Å²) in [6, 6.07) is 5.59. The molecule has 0 aliphatic heterocycles. The Morgan fingerprint density at radius 2 is 2.00 bits per heavy atom. The number of carbonyl (C=O) groups is 1. The minimum absolute atomic E-state index is 0.114. The van der Waals surface area contributed by atoms with Crippen LogP contribution in [0, 0.1) is 6.92 Å². The summed E-state index contributed by atoms with van der Waals surface area (Å²) in [6.07, 6.45) is 8.64. The molecule has 6 heteroatoms. The number of anilines is 2. The van der Waals surface area contributed by atoms with Gasteiger partial charge in [0.2, 0.25) is 0 Å². The van der Waals surface area contributed by atoms with Crippen LogP contribution in [-0.4, -0.2) is 22.1 Å². The number of aromatic nitrogens is 2. The van der Waals surface area contributed by atoms with Crippen LogP contribution in [-0.2, 0) is 0 Å². The third-order valence-electron chi connectivity index (χ3n) is 4.08. The quantitative estimate of drug-likeness (QED) is 0.843. The number of carbonyl (C=O) groups excluding carboxylic acids is 1. The predicted octanol–water partition coefficient (Wildman–Crippen LogP) is 3.57. The largest absolute Gasteiger partial charge is 0.360 e. The fraction of sp³-hybridized carbons (Fsp3) is 0.471. The highest BCUT2D eigenvalue weighted by Gasteiger charge is 2.16. The first-order chi connectivity index (χ1) is 11.2. The van der Waals surface area contributed by atoms with E-state index in [1.165, 1.54) is 25.7 Å². The number of rotatable bonds is 4. The number of aryl methyl sites for hydroxylation is 1. The standard InChI is InChI=1S/C17H22N4O2/c1-12-10-16(21-23-12)19-14-8-9-18-15(11-14)17(22)20-13-6-4-2-3-5-7-13/h8-11,13H,2-7H2,1H3,(H,20,22)(H,18,19,21). The van der Waals surface area contributed by atoms with E-state index in [4.69, 9.17) is 4.52 Å². The Kier molecular flexibility index (Phi) is 4.90. The average Bonchev–Trinajstić information content (AvgIpc) is 2.80. The van der Waals surface area contributed by atoms with Crippen molar-refractivity contribution in [3.8, 4) is 0 Å². The normalized spacial score (nSPS) is 15.9. The van der Waals surface area contributed by atoms with Gasteiger partial charge in [-0.3, -0.25) is 9.78 Å². The maximum Gasteiger partial charge on any atom is 0.270 e. The van der Waals surface area contributed by atoms with Crippen LogP contribution in [0.15, 0.2) is 28.9 Å². The van der Waals surface area contributed by atoms with Crippen molar-refractivity contribution in [1.29, 1.82) is 0 Å². The molecule has 2 N–H and O–H groups in total. The second-order valence-corrected chi connectivity index (χ2v) is 6.04. The first kappa shape index (κ1) is 15.5. The second-order valence-electron chi connectivity index (χ2n) is 6.04. The average molecular weight is 314 g/mol. The lowest BCUT2D eigenvalue weighted by atomic mass is 10.1. The van der Waals surface area contributed by atoms with Gasteiger partial charge in [-0.2, -0.15) is 0 Å². The third-order valence-corrected chi connectivity index (χ3v) is 4.08. The van der Waals surface area contributed by atoms with Gasteiger partial charge in [0.1, 0.15) is 11.5 Å². The number of hydrogen-bond donors (Lipinski definition) is 2. The van der Waals surface area contributed by atoms with E-state index in [1.54, 1.807) is 24.4 Å². The lowest BCUT2D eigenvalue weighted by molar-refractivity contribution is 0.0928. The van der Waals surface area contributed by atoms with E-state index in [1.807, 2.05) is 6.92 Å². The van der Waals surface area contributed by atoms with Crippen molar-refractivity contribution in [2.75, 3.05) is 5.32 Å². The topological polar surface area (TPSA) is 80.0 Å². The van der Waals surface area contributed by atoms with Crippen LogP contribution in [0.3, 0.4) is 0 Å². The van der Waals surface area contributed by atoms with Crippen LogP contribution in [0.2, 0.25) is 0 Å². The maximum atomic E-state index is 12.4. The summed E-state index contributed by atoms with van der Waals surface area (Å²) in [5.41, 5.74) is 1.18. The van der Waals surface area contributed by atoms with Gasteiger partial charge in [0.25, 0.3) is 5.91 Å². The highest BCUT2D eigenvalue weighted by Crippen LogP contribution is 2.19. The number of nitrogens with one attached hydrogen (secondary N) is 2. The van der Waals surface area contributed by atoms with Crippen LogP contribution < -0.4 is 10.6 Å². The van der Waals surface area contributed by atoms with Crippen molar-refractivity contribution in [2.45, 2.75) is 51.5 Å². The Morgan fingerprint density at radius 1 is 1.22 bits per heavy atom. The molecule has 122 valence electrons. The van der Waals surface area contributed by atoms with Crippen LogP contribution >= 0.6 is 0 Å². The molecule has 0 spiro atoms. The van der Waals surface area contributed by atoms with Gasteiger partial charge in [0.05, 0.1) is 0 Å². The predicted molar refractivity (Wildman–Crippen MR) is 87.7 cm³/mol. The first-order valence-electron chi connectivity index (χ1n) is 8.18. The van der Waals surface area contributed by atoms with Crippen LogP contribution in [0.1, 0.15) is 54.8 Å². The lowest BCUT2D eigenvalue weighted by Crippen LogP contribution is -2.34. The zero-order chi connectivity index (χ0) is 16.1. The molecule has 2 aromatic rings. The van der Waals surface area contributed by atoms with Gasteiger partial charge in [-0.25, -0.2) is 0 Å². The summed E-state index contributed by atoms with van der Waals surface area (Å²) in [5, 5.41) is 10.1. The molecule has 0 atom stereocenters. The fourth-order valence-electron chi connectivity index (χ4n) is 2.89. The summed E-state index contributed by atoms with van der Waals surface area (Å²) in [7, 11) is 0. The van der Waals surface area contributed by atoms with Gasteiger partial charge in [-0.1, -0.05) is 30.8 Å². The monoisotopic (exact) mass is 314 g/mol. The summed E-state index contributed by atoms with van der Waals surface area (Å²) in [6.45, 7) is 1.83. The SMILES string of the molecule is Cc1cc(Nc2ccnc(C(=O)NC3CCCCCC3)c2)no1. The Hall–Kier alpha value is -2.37. The number of pyridine rings is 1. The molecule has 1 aliphatic rings. The van der Waals surface area contributed by atoms with E-state index in [0.29, 0.717) is 11.5 Å². The number of hydrogen-bond acceptors (Lipinski definition) is 5. The van der Waals surface area contributed by atoms with Crippen molar-refractivity contribution in [3.05, 3.63) is 35.9 Å². The van der Waals surface area contributed by atoms with Gasteiger partial charge in [0.15, 0.2) is 5.82 Å². The van der Waals surface area contributed by atoms with Gasteiger partial charge >= 0.3 is 0 Å². The molecule has 23 heavy (non-hydrogen) atoms. The van der Waals surface area contributed by atoms with E-state index in [-0.39, 0.29) is 11.9 Å². The molecular formula is C17H22N4O2. The molecule has 2 heterocycles. The number of amides is 1. The molecule has 3 rings (SSSR count). The van der Waals surface area contributed by atoms with Crippen molar-refractivity contribution in [1.82, 2.24) is 15.5 Å². The fourth-order valence-corrected chi connectivity index (χ4v) is 2.89. The van der Waals surface area contributed by atoms with Gasteiger partial charge < -0.3 is 15.2 Å². The minimum atomic E-state index is -0.114. The molecule has 1 saturated carbocycles. The van der Waals surface area contributed by atoms with E-state index in [9.17, 15) is 4.79 Å². The highest BCUT2D eigenvalue weighted by molar-refractivity contribution is 5.93. The van der Waals surface area contributed by atoms with E-state index < -0.39 is 0 Å². The molecule has 2 aromatic heterocycles. The lowest BCUT2D eigenvalue weighted by Gasteiger charge is -2.16. The second kappa shape index (κ2) is 7.26. The molecule has 1 fully saturated rings. The summed E-state index contributed by atoms with van der Waals surface area (Å²) >= 11 is 0.